The van der Waals surface area contributed by atoms with E-state index in [-0.39, 0.29) is 5.54 Å². The fourth-order valence-electron chi connectivity index (χ4n) is 3.04. The second-order valence-corrected chi connectivity index (χ2v) is 8.38. The summed E-state index contributed by atoms with van der Waals surface area (Å²) in [4.78, 5) is 2.55. The average Bonchev–Trinajstić information content (AvgIpc) is 2.34. The normalized spacial score (nSPS) is 19.9. The van der Waals surface area contributed by atoms with E-state index in [1.54, 1.807) is 0 Å². The quantitative estimate of drug-likeness (QED) is 0.769. The second kappa shape index (κ2) is 7.90. The summed E-state index contributed by atoms with van der Waals surface area (Å²) in [7, 11) is 2.30. The van der Waals surface area contributed by atoms with Crippen molar-refractivity contribution >= 4 is 11.8 Å². The molecule has 0 amide bonds. The van der Waals surface area contributed by atoms with Crippen LogP contribution in [0.5, 0.6) is 0 Å². The molecule has 1 aliphatic carbocycles. The standard InChI is InChI=1S/C16H34N2S/c1-15(2,3)17-13-16(9-7-6-8-10-16)14-18(4)11-12-19-5/h17H,6-14H2,1-5H3. The molecule has 3 heteroatoms. The molecule has 1 rings (SSSR count). The van der Waals surface area contributed by atoms with E-state index in [4.69, 9.17) is 0 Å². The lowest BCUT2D eigenvalue weighted by molar-refractivity contribution is 0.112. The van der Waals surface area contributed by atoms with E-state index in [1.807, 2.05) is 11.8 Å². The predicted octanol–water partition coefficient (Wildman–Crippen LogP) is 3.62. The molecule has 0 unspecified atom stereocenters. The molecule has 1 aliphatic rings. The molecule has 1 fully saturated rings. The summed E-state index contributed by atoms with van der Waals surface area (Å²) in [6.45, 7) is 10.5. The highest BCUT2D eigenvalue weighted by Crippen LogP contribution is 2.36. The topological polar surface area (TPSA) is 15.3 Å². The molecule has 0 radical (unpaired) electrons. The Labute approximate surface area is 125 Å². The van der Waals surface area contributed by atoms with Crippen LogP contribution in [0.25, 0.3) is 0 Å². The van der Waals surface area contributed by atoms with Crippen molar-refractivity contribution in [2.75, 3.05) is 38.7 Å². The summed E-state index contributed by atoms with van der Waals surface area (Å²) in [6.07, 6.45) is 9.28. The smallest absolute Gasteiger partial charge is 0.00967 e. The highest BCUT2D eigenvalue weighted by Gasteiger charge is 2.33. The van der Waals surface area contributed by atoms with Gasteiger partial charge in [-0.3, -0.25) is 0 Å². The lowest BCUT2D eigenvalue weighted by Crippen LogP contribution is -2.49. The minimum atomic E-state index is 0.238. The van der Waals surface area contributed by atoms with E-state index in [0.717, 1.165) is 0 Å². The first-order valence-electron chi connectivity index (χ1n) is 7.79. The molecule has 0 aromatic heterocycles. The van der Waals surface area contributed by atoms with E-state index >= 15 is 0 Å². The highest BCUT2D eigenvalue weighted by molar-refractivity contribution is 7.98. The molecule has 0 aromatic carbocycles. The molecule has 0 heterocycles. The van der Waals surface area contributed by atoms with Crippen LogP contribution < -0.4 is 5.32 Å². The van der Waals surface area contributed by atoms with Crippen molar-refractivity contribution in [2.24, 2.45) is 5.41 Å². The molecule has 0 bridgehead atoms. The molecule has 114 valence electrons. The maximum Gasteiger partial charge on any atom is 0.00967 e. The molecular weight excluding hydrogens is 252 g/mol. The first-order valence-corrected chi connectivity index (χ1v) is 9.19. The van der Waals surface area contributed by atoms with E-state index in [0.29, 0.717) is 5.41 Å². The second-order valence-electron chi connectivity index (χ2n) is 7.39. The van der Waals surface area contributed by atoms with Crippen molar-refractivity contribution < 1.29 is 0 Å². The Morgan fingerprint density at radius 3 is 2.32 bits per heavy atom. The zero-order chi connectivity index (χ0) is 14.4. The Hall–Kier alpha value is 0.270. The summed E-state index contributed by atoms with van der Waals surface area (Å²) in [5.74, 6) is 1.25. The Morgan fingerprint density at radius 2 is 1.79 bits per heavy atom. The summed E-state index contributed by atoms with van der Waals surface area (Å²) >= 11 is 1.95. The van der Waals surface area contributed by atoms with E-state index < -0.39 is 0 Å². The van der Waals surface area contributed by atoms with Gasteiger partial charge in [0.05, 0.1) is 0 Å². The minimum absolute atomic E-state index is 0.238. The van der Waals surface area contributed by atoms with E-state index in [1.165, 1.54) is 57.5 Å². The number of hydrogen-bond donors (Lipinski definition) is 1. The number of hydrogen-bond acceptors (Lipinski definition) is 3. The third-order valence-corrected chi connectivity index (χ3v) is 4.78. The van der Waals surface area contributed by atoms with Gasteiger partial charge in [-0.1, -0.05) is 19.3 Å². The largest absolute Gasteiger partial charge is 0.311 e. The zero-order valence-electron chi connectivity index (χ0n) is 13.7. The van der Waals surface area contributed by atoms with Crippen LogP contribution in [0.15, 0.2) is 0 Å². The Morgan fingerprint density at radius 1 is 1.16 bits per heavy atom. The Bertz CT molecular complexity index is 242. The number of nitrogens with zero attached hydrogens (tertiary/aromatic N) is 1. The lowest BCUT2D eigenvalue weighted by atomic mass is 9.73. The average molecular weight is 287 g/mol. The summed E-state index contributed by atoms with van der Waals surface area (Å²) in [5, 5.41) is 3.76. The fourth-order valence-corrected chi connectivity index (χ4v) is 3.54. The van der Waals surface area contributed by atoms with Gasteiger partial charge in [0.25, 0.3) is 0 Å². The summed E-state index contributed by atoms with van der Waals surface area (Å²) in [5.41, 5.74) is 0.751. The van der Waals surface area contributed by atoms with Gasteiger partial charge in [0.2, 0.25) is 0 Å². The summed E-state index contributed by atoms with van der Waals surface area (Å²) < 4.78 is 0. The van der Waals surface area contributed by atoms with Crippen LogP contribution in [-0.4, -0.2) is 49.1 Å². The number of rotatable bonds is 7. The maximum atomic E-state index is 3.76. The van der Waals surface area contributed by atoms with Crippen molar-refractivity contribution in [2.45, 2.75) is 58.4 Å². The van der Waals surface area contributed by atoms with Crippen molar-refractivity contribution in [1.82, 2.24) is 10.2 Å². The zero-order valence-corrected chi connectivity index (χ0v) is 14.5. The van der Waals surface area contributed by atoms with Crippen LogP contribution >= 0.6 is 11.8 Å². The van der Waals surface area contributed by atoms with Crippen molar-refractivity contribution in [3.63, 3.8) is 0 Å². The number of thioether (sulfide) groups is 1. The molecule has 0 saturated heterocycles. The van der Waals surface area contributed by atoms with E-state index in [9.17, 15) is 0 Å². The van der Waals surface area contributed by atoms with Gasteiger partial charge in [-0.15, -0.1) is 0 Å². The minimum Gasteiger partial charge on any atom is -0.311 e. The maximum absolute atomic E-state index is 3.76. The SMILES string of the molecule is CSCCN(C)CC1(CNC(C)(C)C)CCCCC1. The van der Waals surface area contributed by atoms with Crippen LogP contribution in [-0.2, 0) is 0 Å². The fraction of sp³-hybridized carbons (Fsp3) is 1.00. The molecule has 19 heavy (non-hydrogen) atoms. The van der Waals surface area contributed by atoms with E-state index in [2.05, 4.69) is 44.3 Å². The molecule has 0 atom stereocenters. The van der Waals surface area contributed by atoms with Gasteiger partial charge in [-0.05, 0) is 52.3 Å². The van der Waals surface area contributed by atoms with Crippen molar-refractivity contribution in [3.8, 4) is 0 Å². The van der Waals surface area contributed by atoms with Gasteiger partial charge < -0.3 is 10.2 Å². The predicted molar refractivity (Wildman–Crippen MR) is 89.2 cm³/mol. The van der Waals surface area contributed by atoms with Crippen molar-refractivity contribution in [1.29, 1.82) is 0 Å². The highest BCUT2D eigenvalue weighted by atomic mass is 32.2. The molecule has 1 N–H and O–H groups in total. The first kappa shape index (κ1) is 17.3. The van der Waals surface area contributed by atoms with Crippen LogP contribution in [0, 0.1) is 5.41 Å². The van der Waals surface area contributed by atoms with Gasteiger partial charge >= 0.3 is 0 Å². The van der Waals surface area contributed by atoms with Crippen LogP contribution in [0.1, 0.15) is 52.9 Å². The van der Waals surface area contributed by atoms with Gasteiger partial charge in [0.1, 0.15) is 0 Å². The molecular formula is C16H34N2S. The molecule has 1 saturated carbocycles. The van der Waals surface area contributed by atoms with Crippen LogP contribution in [0.4, 0.5) is 0 Å². The molecule has 0 aliphatic heterocycles. The van der Waals surface area contributed by atoms with Crippen molar-refractivity contribution in [3.05, 3.63) is 0 Å². The first-order chi connectivity index (χ1) is 8.87. The van der Waals surface area contributed by atoms with Gasteiger partial charge in [0, 0.05) is 30.9 Å². The van der Waals surface area contributed by atoms with Gasteiger partial charge in [-0.25, -0.2) is 0 Å². The third-order valence-electron chi connectivity index (χ3n) is 4.19. The summed E-state index contributed by atoms with van der Waals surface area (Å²) in [6, 6.07) is 0. The molecule has 2 nitrogen and oxygen atoms in total. The van der Waals surface area contributed by atoms with Crippen LogP contribution in [0.3, 0.4) is 0 Å². The number of nitrogens with one attached hydrogen (secondary N) is 1. The third kappa shape index (κ3) is 7.01. The van der Waals surface area contributed by atoms with Gasteiger partial charge in [-0.2, -0.15) is 11.8 Å². The van der Waals surface area contributed by atoms with Gasteiger partial charge in [0.15, 0.2) is 0 Å². The molecule has 0 aromatic rings. The Balaban J connectivity index is 2.54. The Kier molecular flexibility index (Phi) is 7.20. The molecule has 0 spiro atoms. The monoisotopic (exact) mass is 286 g/mol. The lowest BCUT2D eigenvalue weighted by Gasteiger charge is -2.42. The van der Waals surface area contributed by atoms with Crippen LogP contribution in [0.2, 0.25) is 0 Å².